The van der Waals surface area contributed by atoms with E-state index in [1.54, 1.807) is 42.6 Å². The van der Waals surface area contributed by atoms with Crippen LogP contribution in [0.25, 0.3) is 16.7 Å². The molecule has 2 aromatic heterocycles. The summed E-state index contributed by atoms with van der Waals surface area (Å²) in [5.41, 5.74) is 1.61. The monoisotopic (exact) mass is 420 g/mol. The first-order chi connectivity index (χ1) is 14.5. The maximum Gasteiger partial charge on any atom is 0.267 e. The van der Waals surface area contributed by atoms with Crippen molar-refractivity contribution in [3.05, 3.63) is 88.6 Å². The number of fused-ring (bicyclic) bond motifs is 1. The zero-order chi connectivity index (χ0) is 21.1. The third-order valence-electron chi connectivity index (χ3n) is 4.31. The number of pyridine rings is 1. The zero-order valence-corrected chi connectivity index (χ0v) is 16.8. The van der Waals surface area contributed by atoms with E-state index in [-0.39, 0.29) is 17.2 Å². The lowest BCUT2D eigenvalue weighted by Crippen LogP contribution is -2.23. The Morgan fingerprint density at radius 2 is 1.97 bits per heavy atom. The van der Waals surface area contributed by atoms with Crippen molar-refractivity contribution in [1.82, 2.24) is 14.5 Å². The Balaban J connectivity index is 1.67. The number of hydrogen-bond acceptors (Lipinski definition) is 5. The summed E-state index contributed by atoms with van der Waals surface area (Å²) in [6.45, 7) is 1.91. The van der Waals surface area contributed by atoms with Crippen LogP contribution in [0.5, 0.6) is 0 Å². The Bertz CT molecular complexity index is 1290. The van der Waals surface area contributed by atoms with E-state index in [0.717, 1.165) is 17.3 Å². The minimum absolute atomic E-state index is 0.00679. The second-order valence-electron chi connectivity index (χ2n) is 6.59. The van der Waals surface area contributed by atoms with Crippen molar-refractivity contribution >= 4 is 34.3 Å². The molecular weight excluding hydrogens is 403 g/mol. The quantitative estimate of drug-likeness (QED) is 0.391. The van der Waals surface area contributed by atoms with Gasteiger partial charge in [-0.15, -0.1) is 0 Å². The van der Waals surface area contributed by atoms with Crippen LogP contribution in [0.2, 0.25) is 0 Å². The molecule has 30 heavy (non-hydrogen) atoms. The molecule has 1 amide bonds. The van der Waals surface area contributed by atoms with Gasteiger partial charge in [0.1, 0.15) is 11.6 Å². The summed E-state index contributed by atoms with van der Waals surface area (Å²) in [6.07, 6.45) is 1.67. The molecule has 4 rings (SSSR count). The van der Waals surface area contributed by atoms with Gasteiger partial charge in [0.15, 0.2) is 5.16 Å². The predicted octanol–water partition coefficient (Wildman–Crippen LogP) is 3.96. The van der Waals surface area contributed by atoms with Crippen LogP contribution in [0.3, 0.4) is 0 Å². The molecule has 8 heteroatoms. The summed E-state index contributed by atoms with van der Waals surface area (Å²) in [5.74, 6) is -0.350. The molecule has 2 aromatic carbocycles. The Morgan fingerprint density at radius 1 is 1.13 bits per heavy atom. The summed E-state index contributed by atoms with van der Waals surface area (Å²) in [6, 6.07) is 16.3. The van der Waals surface area contributed by atoms with E-state index < -0.39 is 5.82 Å². The largest absolute Gasteiger partial charge is 0.325 e. The zero-order valence-electron chi connectivity index (χ0n) is 16.0. The molecule has 2 heterocycles. The SMILES string of the molecule is Cc1ccc(-n2c(SCC(=O)Nc3cccc(F)c3)nc3ccccc3c2=O)nc1. The second kappa shape index (κ2) is 8.46. The molecule has 0 aliphatic rings. The number of para-hydroxylation sites is 1. The van der Waals surface area contributed by atoms with E-state index in [9.17, 15) is 14.0 Å². The first-order valence-electron chi connectivity index (χ1n) is 9.14. The number of amides is 1. The molecule has 0 radical (unpaired) electrons. The van der Waals surface area contributed by atoms with E-state index >= 15 is 0 Å². The summed E-state index contributed by atoms with van der Waals surface area (Å²) in [4.78, 5) is 34.4. The van der Waals surface area contributed by atoms with Crippen molar-refractivity contribution in [2.45, 2.75) is 12.1 Å². The molecule has 0 aliphatic heterocycles. The van der Waals surface area contributed by atoms with Gasteiger partial charge >= 0.3 is 0 Å². The highest BCUT2D eigenvalue weighted by Crippen LogP contribution is 2.21. The maximum absolute atomic E-state index is 13.3. The Morgan fingerprint density at radius 3 is 2.73 bits per heavy atom. The Kier molecular flexibility index (Phi) is 5.58. The van der Waals surface area contributed by atoms with Gasteiger partial charge in [-0.25, -0.2) is 18.9 Å². The number of aryl methyl sites for hydroxylation is 1. The number of thioether (sulfide) groups is 1. The topological polar surface area (TPSA) is 76.9 Å². The van der Waals surface area contributed by atoms with Crippen LogP contribution in [0.4, 0.5) is 10.1 Å². The fraction of sp³-hybridized carbons (Fsp3) is 0.0909. The van der Waals surface area contributed by atoms with Gasteiger partial charge in [0, 0.05) is 11.9 Å². The van der Waals surface area contributed by atoms with Crippen LogP contribution < -0.4 is 10.9 Å². The number of halogens is 1. The van der Waals surface area contributed by atoms with Gasteiger partial charge in [0.2, 0.25) is 5.91 Å². The van der Waals surface area contributed by atoms with Crippen LogP contribution in [-0.4, -0.2) is 26.2 Å². The van der Waals surface area contributed by atoms with E-state index in [1.807, 2.05) is 13.0 Å². The molecule has 0 spiro atoms. The van der Waals surface area contributed by atoms with Gasteiger partial charge in [-0.3, -0.25) is 9.59 Å². The first-order valence-corrected chi connectivity index (χ1v) is 10.1. The number of nitrogens with zero attached hydrogens (tertiary/aromatic N) is 3. The van der Waals surface area contributed by atoms with Gasteiger partial charge in [0.05, 0.1) is 16.7 Å². The highest BCUT2D eigenvalue weighted by atomic mass is 32.2. The first kappa shape index (κ1) is 19.8. The van der Waals surface area contributed by atoms with Gasteiger partial charge in [-0.05, 0) is 48.9 Å². The highest BCUT2D eigenvalue weighted by Gasteiger charge is 2.15. The number of nitrogens with one attached hydrogen (secondary N) is 1. The maximum atomic E-state index is 13.3. The van der Waals surface area contributed by atoms with Crippen LogP contribution in [0.1, 0.15) is 5.56 Å². The standard InChI is InChI=1S/C22H17FN4O2S/c1-14-9-10-19(24-12-14)27-21(29)17-7-2-3-8-18(17)26-22(27)30-13-20(28)25-16-6-4-5-15(23)11-16/h2-12H,13H2,1H3,(H,25,28). The number of aromatic nitrogens is 3. The summed E-state index contributed by atoms with van der Waals surface area (Å²) in [7, 11) is 0. The lowest BCUT2D eigenvalue weighted by molar-refractivity contribution is -0.113. The molecule has 0 unspecified atom stereocenters. The number of hydrogen-bond donors (Lipinski definition) is 1. The normalized spacial score (nSPS) is 10.9. The molecule has 0 saturated heterocycles. The fourth-order valence-electron chi connectivity index (χ4n) is 2.90. The van der Waals surface area contributed by atoms with Gasteiger partial charge in [0.25, 0.3) is 5.56 Å². The van der Waals surface area contributed by atoms with Gasteiger partial charge in [-0.2, -0.15) is 0 Å². The molecule has 4 aromatic rings. The smallest absolute Gasteiger partial charge is 0.267 e. The van der Waals surface area contributed by atoms with Crippen molar-refractivity contribution in [1.29, 1.82) is 0 Å². The number of benzene rings is 2. The van der Waals surface area contributed by atoms with E-state index in [2.05, 4.69) is 15.3 Å². The fourth-order valence-corrected chi connectivity index (χ4v) is 3.70. The third kappa shape index (κ3) is 4.23. The summed E-state index contributed by atoms with van der Waals surface area (Å²) < 4.78 is 14.7. The van der Waals surface area contributed by atoms with Gasteiger partial charge < -0.3 is 5.32 Å². The van der Waals surface area contributed by atoms with Crippen molar-refractivity contribution in [3.63, 3.8) is 0 Å². The van der Waals surface area contributed by atoms with E-state index in [0.29, 0.717) is 27.6 Å². The second-order valence-corrected chi connectivity index (χ2v) is 7.54. The Hall–Kier alpha value is -3.52. The summed E-state index contributed by atoms with van der Waals surface area (Å²) in [5, 5.41) is 3.46. The molecule has 0 fully saturated rings. The molecular formula is C22H17FN4O2S. The molecule has 0 bridgehead atoms. The number of carbonyl (C=O) groups excluding carboxylic acids is 1. The molecule has 0 saturated carbocycles. The summed E-state index contributed by atoms with van der Waals surface area (Å²) >= 11 is 1.11. The molecule has 0 atom stereocenters. The number of anilines is 1. The van der Waals surface area contributed by atoms with Crippen molar-refractivity contribution in [3.8, 4) is 5.82 Å². The Labute approximate surface area is 175 Å². The molecule has 1 N–H and O–H groups in total. The van der Waals surface area contributed by atoms with Crippen LogP contribution in [0.15, 0.2) is 76.8 Å². The third-order valence-corrected chi connectivity index (χ3v) is 5.25. The average molecular weight is 420 g/mol. The number of rotatable bonds is 5. The minimum atomic E-state index is -0.434. The van der Waals surface area contributed by atoms with E-state index in [4.69, 9.17) is 0 Å². The van der Waals surface area contributed by atoms with Crippen LogP contribution in [0, 0.1) is 12.7 Å². The van der Waals surface area contributed by atoms with Crippen LogP contribution in [-0.2, 0) is 4.79 Å². The number of carbonyl (C=O) groups is 1. The van der Waals surface area contributed by atoms with Crippen molar-refractivity contribution in [2.24, 2.45) is 0 Å². The van der Waals surface area contributed by atoms with Crippen molar-refractivity contribution < 1.29 is 9.18 Å². The highest BCUT2D eigenvalue weighted by molar-refractivity contribution is 7.99. The molecule has 6 nitrogen and oxygen atoms in total. The molecule has 150 valence electrons. The van der Waals surface area contributed by atoms with Crippen molar-refractivity contribution in [2.75, 3.05) is 11.1 Å². The average Bonchev–Trinajstić information content (AvgIpc) is 2.73. The predicted molar refractivity (Wildman–Crippen MR) is 116 cm³/mol. The van der Waals surface area contributed by atoms with E-state index in [1.165, 1.54) is 22.8 Å². The molecule has 0 aliphatic carbocycles. The lowest BCUT2D eigenvalue weighted by atomic mass is 10.2. The minimum Gasteiger partial charge on any atom is -0.325 e. The van der Waals surface area contributed by atoms with Crippen LogP contribution >= 0.6 is 11.8 Å². The lowest BCUT2D eigenvalue weighted by Gasteiger charge is -2.12. The van der Waals surface area contributed by atoms with Gasteiger partial charge in [-0.1, -0.05) is 36.0 Å².